The summed E-state index contributed by atoms with van der Waals surface area (Å²) in [6, 6.07) is 0. The lowest BCUT2D eigenvalue weighted by molar-refractivity contribution is -0.125. The highest BCUT2D eigenvalue weighted by atomic mass is 16.6. The normalized spacial score (nSPS) is 18.0. The molecule has 0 aromatic heterocycles. The third-order valence-electron chi connectivity index (χ3n) is 2.53. The third-order valence-corrected chi connectivity index (χ3v) is 2.53. The number of alkyl carbamates (subject to hydrolysis) is 1. The average Bonchev–Trinajstić information content (AvgIpc) is 2.43. The highest BCUT2D eigenvalue weighted by Crippen LogP contribution is 2.10. The zero-order valence-corrected chi connectivity index (χ0v) is 13.8. The van der Waals surface area contributed by atoms with Crippen molar-refractivity contribution in [2.75, 3.05) is 27.7 Å². The molecule has 1 aliphatic rings. The molecule has 1 N–H and O–H groups in total. The fraction of sp³-hybridized carbons (Fsp3) is 0.571. The number of hydrogen-bond acceptors (Lipinski definition) is 6. The van der Waals surface area contributed by atoms with Crippen molar-refractivity contribution in [2.24, 2.45) is 4.99 Å². The van der Waals surface area contributed by atoms with Crippen LogP contribution in [0.25, 0.3) is 0 Å². The van der Waals surface area contributed by atoms with Crippen LogP contribution in [0.1, 0.15) is 20.8 Å². The van der Waals surface area contributed by atoms with Crippen molar-refractivity contribution >= 4 is 23.7 Å². The lowest BCUT2D eigenvalue weighted by atomic mass is 10.1. The number of carbonyl (C=O) groups is 3. The maximum atomic E-state index is 12.3. The summed E-state index contributed by atoms with van der Waals surface area (Å²) in [6.07, 6.45) is 0.700. The van der Waals surface area contributed by atoms with Crippen molar-refractivity contribution in [1.82, 2.24) is 15.1 Å². The first-order valence-corrected chi connectivity index (χ1v) is 6.75. The summed E-state index contributed by atoms with van der Waals surface area (Å²) in [6.45, 7) is 4.94. The van der Waals surface area contributed by atoms with Gasteiger partial charge >= 0.3 is 6.09 Å². The number of nitrogens with zero attached hydrogens (tertiary/aromatic N) is 3. The van der Waals surface area contributed by atoms with Gasteiger partial charge in [0.25, 0.3) is 5.91 Å². The van der Waals surface area contributed by atoms with Gasteiger partial charge in [0.15, 0.2) is 5.78 Å². The Labute approximate surface area is 129 Å². The fourth-order valence-electron chi connectivity index (χ4n) is 1.64. The predicted octanol–water partition coefficient (Wildman–Crippen LogP) is 0.354. The van der Waals surface area contributed by atoms with Gasteiger partial charge in [-0.2, -0.15) is 0 Å². The highest BCUT2D eigenvalue weighted by molar-refractivity contribution is 6.25. The van der Waals surface area contributed by atoms with Crippen LogP contribution in [0.4, 0.5) is 4.79 Å². The number of ketones is 1. The Hall–Kier alpha value is -2.38. The lowest BCUT2D eigenvalue weighted by Crippen LogP contribution is -2.46. The Balaban J connectivity index is 2.94. The van der Waals surface area contributed by atoms with Crippen LogP contribution >= 0.6 is 0 Å². The monoisotopic (exact) mass is 310 g/mol. The van der Waals surface area contributed by atoms with E-state index in [1.807, 2.05) is 0 Å². The number of aliphatic imine (C=N–C) groups is 1. The second-order valence-corrected chi connectivity index (χ2v) is 6.06. The molecular weight excluding hydrogens is 288 g/mol. The van der Waals surface area contributed by atoms with Gasteiger partial charge < -0.3 is 9.64 Å². The Morgan fingerprint density at radius 1 is 1.36 bits per heavy atom. The topological polar surface area (TPSA) is 91.3 Å². The van der Waals surface area contributed by atoms with Crippen LogP contribution in [0.5, 0.6) is 0 Å². The molecule has 0 saturated carbocycles. The minimum Gasteiger partial charge on any atom is -0.444 e. The summed E-state index contributed by atoms with van der Waals surface area (Å²) < 4.78 is 5.11. The number of rotatable bonds is 1. The molecule has 0 saturated heterocycles. The summed E-state index contributed by atoms with van der Waals surface area (Å²) in [7, 11) is 4.85. The molecule has 0 bridgehead atoms. The van der Waals surface area contributed by atoms with Crippen LogP contribution in [-0.2, 0) is 14.3 Å². The Kier molecular flexibility index (Phi) is 5.29. The Morgan fingerprint density at radius 2 is 1.95 bits per heavy atom. The number of Topliss-reactive ketones (excluding diaryl/α,β-unsaturated/α-hetero) is 1. The van der Waals surface area contributed by atoms with Gasteiger partial charge in [0.1, 0.15) is 17.7 Å². The van der Waals surface area contributed by atoms with Gasteiger partial charge in [0, 0.05) is 27.3 Å². The van der Waals surface area contributed by atoms with E-state index in [4.69, 9.17) is 4.74 Å². The maximum absolute atomic E-state index is 12.3. The number of carbonyl (C=O) groups excluding carboxylic acids is 3. The summed E-state index contributed by atoms with van der Waals surface area (Å²) in [5.74, 6) is -0.965. The average molecular weight is 310 g/mol. The van der Waals surface area contributed by atoms with Crippen LogP contribution < -0.4 is 5.32 Å². The first-order chi connectivity index (χ1) is 10.0. The summed E-state index contributed by atoms with van der Waals surface area (Å²) >= 11 is 0. The van der Waals surface area contributed by atoms with E-state index in [2.05, 4.69) is 10.3 Å². The molecule has 1 heterocycles. The number of hydrogen-bond donors (Lipinski definition) is 1. The van der Waals surface area contributed by atoms with Crippen molar-refractivity contribution in [2.45, 2.75) is 26.4 Å². The van der Waals surface area contributed by atoms with E-state index in [0.29, 0.717) is 0 Å². The van der Waals surface area contributed by atoms with Crippen LogP contribution in [0.3, 0.4) is 0 Å². The molecule has 1 aliphatic heterocycles. The van der Waals surface area contributed by atoms with Gasteiger partial charge in [0.05, 0.1) is 0 Å². The minimum atomic E-state index is -0.738. The molecule has 22 heavy (non-hydrogen) atoms. The number of amides is 2. The molecule has 0 atom stereocenters. The summed E-state index contributed by atoms with van der Waals surface area (Å²) in [5.41, 5.74) is -0.665. The number of guanidine groups is 1. The van der Waals surface area contributed by atoms with Gasteiger partial charge in [-0.05, 0) is 20.8 Å². The van der Waals surface area contributed by atoms with Crippen molar-refractivity contribution in [3.05, 3.63) is 11.8 Å². The van der Waals surface area contributed by atoms with Crippen molar-refractivity contribution in [1.29, 1.82) is 0 Å². The van der Waals surface area contributed by atoms with Gasteiger partial charge in [-0.3, -0.25) is 19.8 Å². The SMILES string of the molecule is CN(C)C=C1C(=O)CN=C(NC(=O)OC(C)(C)C)N(C)C1=O. The second-order valence-electron chi connectivity index (χ2n) is 6.06. The maximum Gasteiger partial charge on any atom is 0.414 e. The number of nitrogens with one attached hydrogen (secondary N) is 1. The highest BCUT2D eigenvalue weighted by Gasteiger charge is 2.29. The summed E-state index contributed by atoms with van der Waals surface area (Å²) in [5, 5.41) is 2.39. The molecule has 0 aromatic rings. The van der Waals surface area contributed by atoms with E-state index in [-0.39, 0.29) is 18.1 Å². The van der Waals surface area contributed by atoms with Crippen LogP contribution in [0.2, 0.25) is 0 Å². The molecule has 0 aliphatic carbocycles. The molecule has 0 radical (unpaired) electrons. The quantitative estimate of drug-likeness (QED) is 0.557. The van der Waals surface area contributed by atoms with Crippen LogP contribution in [0, 0.1) is 0 Å². The van der Waals surface area contributed by atoms with Crippen LogP contribution in [0.15, 0.2) is 16.8 Å². The van der Waals surface area contributed by atoms with Gasteiger partial charge in [-0.1, -0.05) is 0 Å². The van der Waals surface area contributed by atoms with Crippen LogP contribution in [-0.4, -0.2) is 66.8 Å². The minimum absolute atomic E-state index is 0.0113. The zero-order valence-electron chi connectivity index (χ0n) is 13.8. The van der Waals surface area contributed by atoms with Gasteiger partial charge in [-0.25, -0.2) is 9.79 Å². The first kappa shape index (κ1) is 17.7. The Bertz CT molecular complexity index is 544. The number of likely N-dealkylation sites (N-methyl/N-ethyl adjacent to an activating group) is 1. The van der Waals surface area contributed by atoms with E-state index in [1.54, 1.807) is 39.8 Å². The molecule has 0 fully saturated rings. The molecule has 0 spiro atoms. The smallest absolute Gasteiger partial charge is 0.414 e. The lowest BCUT2D eigenvalue weighted by Gasteiger charge is -2.22. The van der Waals surface area contributed by atoms with E-state index in [0.717, 1.165) is 4.90 Å². The van der Waals surface area contributed by atoms with E-state index in [9.17, 15) is 14.4 Å². The van der Waals surface area contributed by atoms with Gasteiger partial charge in [-0.15, -0.1) is 0 Å². The molecule has 0 aromatic carbocycles. The third kappa shape index (κ3) is 4.87. The molecule has 8 heteroatoms. The van der Waals surface area contributed by atoms with E-state index < -0.39 is 23.4 Å². The first-order valence-electron chi connectivity index (χ1n) is 6.75. The molecular formula is C14H22N4O4. The molecule has 2 amide bonds. The standard InChI is InChI=1S/C14H22N4O4/c1-14(2,3)22-13(21)16-12-15-7-10(19)9(8-17(4)5)11(20)18(12)6/h8H,7H2,1-6H3,(H,15,16,21). The summed E-state index contributed by atoms with van der Waals surface area (Å²) in [4.78, 5) is 42.7. The largest absolute Gasteiger partial charge is 0.444 e. The molecule has 0 unspecified atom stereocenters. The Morgan fingerprint density at radius 3 is 2.45 bits per heavy atom. The van der Waals surface area contributed by atoms with E-state index in [1.165, 1.54) is 13.2 Å². The second kappa shape index (κ2) is 6.59. The molecule has 8 nitrogen and oxygen atoms in total. The van der Waals surface area contributed by atoms with Crippen molar-refractivity contribution in [3.63, 3.8) is 0 Å². The fourth-order valence-corrected chi connectivity index (χ4v) is 1.64. The zero-order chi connectivity index (χ0) is 17.1. The predicted molar refractivity (Wildman–Crippen MR) is 81.2 cm³/mol. The van der Waals surface area contributed by atoms with Crippen molar-refractivity contribution in [3.8, 4) is 0 Å². The van der Waals surface area contributed by atoms with Gasteiger partial charge in [0.2, 0.25) is 5.96 Å². The van der Waals surface area contributed by atoms with E-state index >= 15 is 0 Å². The van der Waals surface area contributed by atoms with Crippen molar-refractivity contribution < 1.29 is 19.1 Å². The molecule has 122 valence electrons. The molecule has 1 rings (SSSR count). The number of ether oxygens (including phenoxy) is 1.